The van der Waals surface area contributed by atoms with Gasteiger partial charge in [0.25, 0.3) is 0 Å². The highest BCUT2D eigenvalue weighted by atomic mass is 32.2. The number of benzene rings is 3. The summed E-state index contributed by atoms with van der Waals surface area (Å²) >= 11 is 2.18. The van der Waals surface area contributed by atoms with Crippen LogP contribution in [0.1, 0.15) is 65.5 Å². The molecular formula is C36H35N3O6S2. The first-order valence-corrected chi connectivity index (χ1v) is 17.1. The molecule has 0 aliphatic carbocycles. The Morgan fingerprint density at radius 1 is 0.915 bits per heavy atom. The van der Waals surface area contributed by atoms with Crippen LogP contribution in [0.25, 0.3) is 0 Å². The van der Waals surface area contributed by atoms with Gasteiger partial charge in [-0.1, -0.05) is 86.3 Å². The quantitative estimate of drug-likeness (QED) is 0.186. The minimum atomic E-state index is -0.827. The van der Waals surface area contributed by atoms with Crippen molar-refractivity contribution >= 4 is 58.2 Å². The van der Waals surface area contributed by atoms with Crippen molar-refractivity contribution in [3.8, 4) is 0 Å². The van der Waals surface area contributed by atoms with Gasteiger partial charge in [-0.15, -0.1) is 0 Å². The number of carbonyl (C=O) groups excluding carboxylic acids is 4. The fraction of sp³-hybridized carbons (Fsp3) is 0.306. The molecule has 2 aliphatic rings. The lowest BCUT2D eigenvalue weighted by Crippen LogP contribution is -2.33. The van der Waals surface area contributed by atoms with Gasteiger partial charge in [-0.2, -0.15) is 0 Å². The van der Waals surface area contributed by atoms with Crippen LogP contribution in [0.3, 0.4) is 0 Å². The number of anilines is 2. The molecule has 47 heavy (non-hydrogen) atoms. The van der Waals surface area contributed by atoms with E-state index in [4.69, 9.17) is 4.74 Å². The van der Waals surface area contributed by atoms with E-state index in [-0.39, 0.29) is 35.3 Å². The minimum absolute atomic E-state index is 0.0983. The third kappa shape index (κ3) is 6.05. The van der Waals surface area contributed by atoms with Crippen molar-refractivity contribution in [3.05, 3.63) is 110 Å². The molecule has 2 aliphatic heterocycles. The Balaban J connectivity index is 1.40. The number of amides is 3. The molecule has 0 unspecified atom stereocenters. The van der Waals surface area contributed by atoms with Gasteiger partial charge in [0, 0.05) is 16.5 Å². The number of hydrogen-bond acceptors (Lipinski definition) is 8. The van der Waals surface area contributed by atoms with E-state index in [1.807, 2.05) is 49.4 Å². The third-order valence-electron chi connectivity index (χ3n) is 8.54. The van der Waals surface area contributed by atoms with Gasteiger partial charge in [-0.05, 0) is 66.3 Å². The van der Waals surface area contributed by atoms with E-state index >= 15 is 0 Å². The van der Waals surface area contributed by atoms with Crippen LogP contribution in [0.2, 0.25) is 0 Å². The van der Waals surface area contributed by atoms with E-state index in [0.717, 1.165) is 39.8 Å². The first kappa shape index (κ1) is 32.5. The van der Waals surface area contributed by atoms with Crippen LogP contribution in [0.4, 0.5) is 11.4 Å². The number of nitrogens with zero attached hydrogens (tertiary/aromatic N) is 2. The van der Waals surface area contributed by atoms with Gasteiger partial charge in [-0.25, -0.2) is 9.69 Å². The van der Waals surface area contributed by atoms with E-state index < -0.39 is 29.0 Å². The van der Waals surface area contributed by atoms with Gasteiger partial charge in [0.1, 0.15) is 11.8 Å². The topological polar surface area (TPSA) is 115 Å². The summed E-state index contributed by atoms with van der Waals surface area (Å²) in [6, 6.07) is 21.6. The number of ether oxygens (including phenoxy) is 1. The van der Waals surface area contributed by atoms with E-state index in [1.54, 1.807) is 25.1 Å². The van der Waals surface area contributed by atoms with Crippen LogP contribution in [0.15, 0.2) is 82.6 Å². The van der Waals surface area contributed by atoms with E-state index in [9.17, 15) is 24.0 Å². The molecule has 11 heteroatoms. The number of nitrogens with one attached hydrogen (secondary N) is 1. The number of para-hydroxylation sites is 1. The Labute approximate surface area is 280 Å². The molecule has 1 aromatic heterocycles. The van der Waals surface area contributed by atoms with Gasteiger partial charge in [0.2, 0.25) is 17.7 Å². The Kier molecular flexibility index (Phi) is 8.71. The van der Waals surface area contributed by atoms with Gasteiger partial charge in [0.15, 0.2) is 0 Å². The first-order chi connectivity index (χ1) is 22.4. The molecule has 1 saturated heterocycles. The number of thioether (sulfide) groups is 1. The number of aromatic nitrogens is 1. The zero-order valence-electron chi connectivity index (χ0n) is 26.7. The maximum atomic E-state index is 14.3. The standard InChI is InChI=1S/C36H35N3O6S2/c1-6-45-34(43)22-13-17-24(18-14-22)39-31(41)28-27(21-11-15-23(16-12-21)36(3,4)5)30-33(46-29(28)32(39)42)38(35(44)47-30)19-26(40)37-25-10-8-7-9-20(25)2/h7-18,27-29H,6,19H2,1-5H3,(H,37,40)/t27-,28-,29+/m0/s1. The Morgan fingerprint density at radius 3 is 2.23 bits per heavy atom. The van der Waals surface area contributed by atoms with Gasteiger partial charge in [0.05, 0.1) is 28.8 Å². The molecule has 3 atom stereocenters. The number of carbonyl (C=O) groups is 4. The molecule has 0 saturated carbocycles. The van der Waals surface area contributed by atoms with Crippen LogP contribution < -0.4 is 15.1 Å². The third-order valence-corrected chi connectivity index (χ3v) is 11.1. The number of aryl methyl sites for hydroxylation is 1. The summed E-state index contributed by atoms with van der Waals surface area (Å²) in [4.78, 5) is 68.8. The van der Waals surface area contributed by atoms with Crippen molar-refractivity contribution in [1.29, 1.82) is 0 Å². The van der Waals surface area contributed by atoms with Crippen LogP contribution in [0, 0.1) is 12.8 Å². The molecule has 0 bridgehead atoms. The summed E-state index contributed by atoms with van der Waals surface area (Å²) < 4.78 is 6.49. The Bertz CT molecular complexity index is 1940. The SMILES string of the molecule is CCOC(=O)c1ccc(N2C(=O)[C@H]3[C@H](c4ccc(C(C)(C)C)cc4)c4sc(=O)n(CC(=O)Nc5ccccc5C)c4S[C@H]3C2=O)cc1. The summed E-state index contributed by atoms with van der Waals surface area (Å²) in [6.07, 6.45) is 0. The lowest BCUT2D eigenvalue weighted by Gasteiger charge is -2.31. The fourth-order valence-electron chi connectivity index (χ4n) is 6.07. The molecule has 4 aromatic rings. The summed E-state index contributed by atoms with van der Waals surface area (Å²) in [6.45, 7) is 9.95. The predicted molar refractivity (Wildman–Crippen MR) is 183 cm³/mol. The van der Waals surface area contributed by atoms with Crippen molar-refractivity contribution in [2.24, 2.45) is 5.92 Å². The molecule has 6 rings (SSSR count). The average Bonchev–Trinajstić information content (AvgIpc) is 3.48. The van der Waals surface area contributed by atoms with Crippen molar-refractivity contribution < 1.29 is 23.9 Å². The maximum Gasteiger partial charge on any atom is 0.338 e. The number of fused-ring (bicyclic) bond motifs is 2. The van der Waals surface area contributed by atoms with Crippen LogP contribution in [-0.2, 0) is 31.1 Å². The molecule has 1 N–H and O–H groups in total. The number of hydrogen-bond donors (Lipinski definition) is 1. The van der Waals surface area contributed by atoms with Crippen LogP contribution >= 0.6 is 23.1 Å². The summed E-state index contributed by atoms with van der Waals surface area (Å²) in [7, 11) is 0. The monoisotopic (exact) mass is 669 g/mol. The molecular weight excluding hydrogens is 635 g/mol. The lowest BCUT2D eigenvalue weighted by atomic mass is 9.81. The maximum absolute atomic E-state index is 14.3. The van der Waals surface area contributed by atoms with E-state index in [0.29, 0.717) is 26.8 Å². The molecule has 9 nitrogen and oxygen atoms in total. The average molecular weight is 670 g/mol. The Hall–Kier alpha value is -4.48. The van der Waals surface area contributed by atoms with Gasteiger partial charge >= 0.3 is 10.8 Å². The highest BCUT2D eigenvalue weighted by Crippen LogP contribution is 2.54. The number of esters is 1. The number of thiazole rings is 1. The molecule has 3 amide bonds. The van der Waals surface area contributed by atoms with Gasteiger partial charge < -0.3 is 10.1 Å². The molecule has 0 radical (unpaired) electrons. The number of imide groups is 1. The van der Waals surface area contributed by atoms with Crippen molar-refractivity contribution in [2.45, 2.75) is 62.8 Å². The first-order valence-electron chi connectivity index (χ1n) is 15.4. The fourth-order valence-corrected chi connectivity index (χ4v) is 8.84. The molecule has 3 heterocycles. The zero-order chi connectivity index (χ0) is 33.6. The smallest absolute Gasteiger partial charge is 0.338 e. The van der Waals surface area contributed by atoms with E-state index in [2.05, 4.69) is 26.1 Å². The molecule has 1 fully saturated rings. The van der Waals surface area contributed by atoms with Crippen LogP contribution in [-0.4, -0.2) is 40.1 Å². The second-order valence-electron chi connectivity index (χ2n) is 12.7. The second-order valence-corrected chi connectivity index (χ2v) is 14.8. The number of rotatable bonds is 7. The largest absolute Gasteiger partial charge is 0.462 e. The van der Waals surface area contributed by atoms with Crippen molar-refractivity contribution in [1.82, 2.24) is 4.57 Å². The normalized spacial score (nSPS) is 18.9. The summed E-state index contributed by atoms with van der Waals surface area (Å²) in [5, 5.41) is 2.58. The van der Waals surface area contributed by atoms with Crippen molar-refractivity contribution in [3.63, 3.8) is 0 Å². The van der Waals surface area contributed by atoms with Crippen molar-refractivity contribution in [2.75, 3.05) is 16.8 Å². The minimum Gasteiger partial charge on any atom is -0.462 e. The van der Waals surface area contributed by atoms with Gasteiger partial charge in [-0.3, -0.25) is 23.7 Å². The molecule has 3 aromatic carbocycles. The predicted octanol–water partition coefficient (Wildman–Crippen LogP) is 6.13. The lowest BCUT2D eigenvalue weighted by molar-refractivity contribution is -0.122. The highest BCUT2D eigenvalue weighted by molar-refractivity contribution is 8.00. The van der Waals surface area contributed by atoms with Crippen LogP contribution in [0.5, 0.6) is 0 Å². The Morgan fingerprint density at radius 2 is 1.60 bits per heavy atom. The molecule has 0 spiro atoms. The summed E-state index contributed by atoms with van der Waals surface area (Å²) in [5.74, 6) is -3.01. The second kappa shape index (κ2) is 12.6. The molecule has 242 valence electrons. The van der Waals surface area contributed by atoms with E-state index in [1.165, 1.54) is 21.6 Å². The zero-order valence-corrected chi connectivity index (χ0v) is 28.4. The summed E-state index contributed by atoms with van der Waals surface area (Å²) in [5.41, 5.74) is 4.03. The highest BCUT2D eigenvalue weighted by Gasteiger charge is 2.56.